The molecule has 308 valence electrons. The lowest BCUT2D eigenvalue weighted by Crippen LogP contribution is -2.60. The summed E-state index contributed by atoms with van der Waals surface area (Å²) < 4.78 is 5.44. The van der Waals surface area contributed by atoms with Crippen LogP contribution in [0.2, 0.25) is 0 Å². The maximum atomic E-state index is 14.2. The van der Waals surface area contributed by atoms with E-state index in [9.17, 15) is 33.9 Å². The van der Waals surface area contributed by atoms with E-state index < -0.39 is 83.8 Å². The van der Waals surface area contributed by atoms with Crippen molar-refractivity contribution >= 4 is 35.4 Å². The minimum Gasteiger partial charge on any atom is -0.391 e. The van der Waals surface area contributed by atoms with Gasteiger partial charge in [0.2, 0.25) is 35.4 Å². The van der Waals surface area contributed by atoms with E-state index in [0.717, 1.165) is 11.1 Å². The summed E-state index contributed by atoms with van der Waals surface area (Å²) >= 11 is 0. The van der Waals surface area contributed by atoms with Crippen LogP contribution >= 0.6 is 0 Å². The SMILES string of the molecule is CC(C)(C)[C@@H]1NC(=O)COCCNC(=O)[C@@H](CN)NC(=O)[C@@H](CCCCN=[N+]=[N-])NC(=O)[C@@H](Cc2ccc(-c3ccccc3)cc2)NC(=O)[C@@H]2C[C@@H](O)CN2C1=O. The number of fused-ring (bicyclic) bond motifs is 1. The Bertz CT molecular complexity index is 1760. The topological polar surface area (TPSA) is 270 Å². The first kappa shape index (κ1) is 44.2. The summed E-state index contributed by atoms with van der Waals surface area (Å²) in [7, 11) is 0. The van der Waals surface area contributed by atoms with Crippen molar-refractivity contribution in [3.05, 3.63) is 70.6 Å². The molecule has 57 heavy (non-hydrogen) atoms. The van der Waals surface area contributed by atoms with Gasteiger partial charge in [0.05, 0.1) is 12.7 Å². The molecule has 0 aromatic heterocycles. The number of unbranched alkanes of at least 4 members (excludes halogenated alkanes) is 1. The molecule has 8 N–H and O–H groups in total. The summed E-state index contributed by atoms with van der Waals surface area (Å²) in [6.45, 7) is 4.37. The average Bonchev–Trinajstić information content (AvgIpc) is 3.59. The lowest BCUT2D eigenvalue weighted by molar-refractivity contribution is -0.145. The molecule has 18 heteroatoms. The van der Waals surface area contributed by atoms with Crippen LogP contribution in [0.3, 0.4) is 0 Å². The van der Waals surface area contributed by atoms with Gasteiger partial charge in [0.15, 0.2) is 0 Å². The number of aliphatic hydroxyl groups is 1. The molecule has 2 aliphatic rings. The number of nitrogens with two attached hydrogens (primary N) is 1. The Labute approximate surface area is 331 Å². The van der Waals surface area contributed by atoms with Gasteiger partial charge in [-0.25, -0.2) is 0 Å². The summed E-state index contributed by atoms with van der Waals surface area (Å²) in [5, 5.41) is 27.7. The predicted octanol–water partition coefficient (Wildman–Crippen LogP) is 0.429. The second kappa shape index (κ2) is 21.1. The van der Waals surface area contributed by atoms with Gasteiger partial charge in [-0.15, -0.1) is 0 Å². The largest absolute Gasteiger partial charge is 0.391 e. The van der Waals surface area contributed by atoms with Crippen molar-refractivity contribution in [2.75, 3.05) is 39.4 Å². The smallest absolute Gasteiger partial charge is 0.246 e. The van der Waals surface area contributed by atoms with Gasteiger partial charge in [0.1, 0.15) is 36.8 Å². The van der Waals surface area contributed by atoms with Crippen LogP contribution in [0.4, 0.5) is 0 Å². The number of azide groups is 1. The van der Waals surface area contributed by atoms with E-state index in [0.29, 0.717) is 18.4 Å². The molecule has 0 saturated carbocycles. The van der Waals surface area contributed by atoms with Crippen molar-refractivity contribution in [3.8, 4) is 11.1 Å². The van der Waals surface area contributed by atoms with Crippen molar-refractivity contribution < 1.29 is 38.6 Å². The number of ether oxygens (including phenoxy) is 1. The van der Waals surface area contributed by atoms with E-state index in [2.05, 4.69) is 36.6 Å². The lowest BCUT2D eigenvalue weighted by Gasteiger charge is -2.35. The van der Waals surface area contributed by atoms with E-state index in [1.54, 1.807) is 20.8 Å². The molecular formula is C39H54N10O8. The predicted molar refractivity (Wildman–Crippen MR) is 210 cm³/mol. The molecule has 2 fully saturated rings. The number of hydrogen-bond acceptors (Lipinski definition) is 10. The fraction of sp³-hybridized carbons (Fsp3) is 0.538. The van der Waals surface area contributed by atoms with Crippen LogP contribution < -0.4 is 32.3 Å². The number of carbonyl (C=O) groups excluding carboxylic acids is 6. The molecule has 2 saturated heterocycles. The summed E-state index contributed by atoms with van der Waals surface area (Å²) in [6.07, 6.45) is -0.357. The number of amides is 6. The van der Waals surface area contributed by atoms with Crippen LogP contribution in [0, 0.1) is 5.41 Å². The van der Waals surface area contributed by atoms with E-state index in [4.69, 9.17) is 16.0 Å². The van der Waals surface area contributed by atoms with Crippen molar-refractivity contribution in [2.45, 2.75) is 89.2 Å². The highest BCUT2D eigenvalue weighted by atomic mass is 16.5. The zero-order chi connectivity index (χ0) is 41.5. The van der Waals surface area contributed by atoms with Crippen LogP contribution in [0.5, 0.6) is 0 Å². The number of aliphatic hydroxyl groups excluding tert-OH is 1. The van der Waals surface area contributed by atoms with Gasteiger partial charge < -0.3 is 47.1 Å². The minimum absolute atomic E-state index is 0.0183. The highest BCUT2D eigenvalue weighted by Gasteiger charge is 2.45. The van der Waals surface area contributed by atoms with Crippen molar-refractivity contribution in [3.63, 3.8) is 0 Å². The van der Waals surface area contributed by atoms with E-state index in [-0.39, 0.29) is 52.0 Å². The minimum atomic E-state index is -1.27. The van der Waals surface area contributed by atoms with Gasteiger partial charge in [0, 0.05) is 43.9 Å². The zero-order valence-corrected chi connectivity index (χ0v) is 32.6. The fourth-order valence-corrected chi connectivity index (χ4v) is 6.65. The van der Waals surface area contributed by atoms with Crippen LogP contribution in [0.15, 0.2) is 59.7 Å². The second-order valence-electron chi connectivity index (χ2n) is 15.2. The van der Waals surface area contributed by atoms with E-state index in [1.165, 1.54) is 4.90 Å². The fourth-order valence-electron chi connectivity index (χ4n) is 6.65. The van der Waals surface area contributed by atoms with Gasteiger partial charge in [-0.1, -0.05) is 86.9 Å². The highest BCUT2D eigenvalue weighted by molar-refractivity contribution is 5.97. The normalized spacial score (nSPS) is 24.8. The number of hydrogen-bond donors (Lipinski definition) is 7. The standard InChI is InChI=1S/C39H54N10O8/c1-39(2,3)33-38(56)49-22-27(50)20-31(49)37(55)45-29(19-24-12-14-26(15-13-24)25-9-5-4-6-10-25)36(54)44-28(11-7-8-16-43-48-41)35(53)46-30(21-40)34(52)42-17-18-57-23-32(51)47-33/h4-6,9-10,12-15,27-31,33,50H,7-8,11,16-23,40H2,1-3H3,(H,42,52)(H,44,54)(H,45,55)(H,46,53)(H,47,51)/t27-,28-,29-,30-,31+,33-/m1/s1. The molecule has 0 bridgehead atoms. The monoisotopic (exact) mass is 790 g/mol. The molecular weight excluding hydrogens is 736 g/mol. The number of nitrogens with zero attached hydrogens (tertiary/aromatic N) is 4. The number of carbonyl (C=O) groups is 6. The van der Waals surface area contributed by atoms with Gasteiger partial charge in [0.25, 0.3) is 0 Å². The molecule has 2 aliphatic heterocycles. The Morgan fingerprint density at radius 2 is 1.51 bits per heavy atom. The molecule has 18 nitrogen and oxygen atoms in total. The Morgan fingerprint density at radius 1 is 0.860 bits per heavy atom. The van der Waals surface area contributed by atoms with Crippen LogP contribution in [-0.4, -0.2) is 121 Å². The summed E-state index contributed by atoms with van der Waals surface area (Å²) in [6, 6.07) is 11.1. The molecule has 2 heterocycles. The molecule has 0 aliphatic carbocycles. The number of rotatable bonds is 9. The summed E-state index contributed by atoms with van der Waals surface area (Å²) in [4.78, 5) is 86.2. The third kappa shape index (κ3) is 13.0. The highest BCUT2D eigenvalue weighted by Crippen LogP contribution is 2.27. The summed E-state index contributed by atoms with van der Waals surface area (Å²) in [5.41, 5.74) is 16.3. The van der Waals surface area contributed by atoms with Crippen molar-refractivity contribution in [1.29, 1.82) is 0 Å². The maximum Gasteiger partial charge on any atom is 0.246 e. The third-order valence-electron chi connectivity index (χ3n) is 9.76. The number of benzene rings is 2. The van der Waals surface area contributed by atoms with Crippen LogP contribution in [0.1, 0.15) is 52.0 Å². The molecule has 4 rings (SSSR count). The van der Waals surface area contributed by atoms with Crippen molar-refractivity contribution in [2.24, 2.45) is 16.3 Å². The molecule has 0 spiro atoms. The molecule has 2 aromatic rings. The Balaban J connectivity index is 1.70. The van der Waals surface area contributed by atoms with Crippen LogP contribution in [0.25, 0.3) is 21.6 Å². The lowest BCUT2D eigenvalue weighted by atomic mass is 9.85. The molecule has 6 atom stereocenters. The maximum absolute atomic E-state index is 14.2. The van der Waals surface area contributed by atoms with Crippen LogP contribution in [-0.2, 0) is 39.9 Å². The second-order valence-corrected chi connectivity index (χ2v) is 15.2. The van der Waals surface area contributed by atoms with E-state index in [1.807, 2.05) is 54.6 Å². The van der Waals surface area contributed by atoms with Gasteiger partial charge >= 0.3 is 0 Å². The molecule has 0 radical (unpaired) electrons. The number of nitrogens with one attached hydrogen (secondary N) is 5. The Morgan fingerprint density at radius 3 is 2.18 bits per heavy atom. The Hall–Kier alpha value is -5.55. The first-order valence-electron chi connectivity index (χ1n) is 19.1. The first-order chi connectivity index (χ1) is 27.2. The van der Waals surface area contributed by atoms with Crippen molar-refractivity contribution in [1.82, 2.24) is 31.5 Å². The molecule has 2 aromatic carbocycles. The van der Waals surface area contributed by atoms with Gasteiger partial charge in [-0.05, 0) is 40.5 Å². The zero-order valence-electron chi connectivity index (χ0n) is 32.6. The van der Waals surface area contributed by atoms with Gasteiger partial charge in [-0.3, -0.25) is 28.8 Å². The Kier molecular flexibility index (Phi) is 16.4. The third-order valence-corrected chi connectivity index (χ3v) is 9.76. The summed E-state index contributed by atoms with van der Waals surface area (Å²) in [5.74, 6) is -3.99. The van der Waals surface area contributed by atoms with E-state index >= 15 is 0 Å². The first-order valence-corrected chi connectivity index (χ1v) is 19.1. The van der Waals surface area contributed by atoms with Gasteiger partial charge in [-0.2, -0.15) is 0 Å². The molecule has 6 amide bonds. The quantitative estimate of drug-likeness (QED) is 0.0802. The molecule has 0 unspecified atom stereocenters. The average molecular weight is 791 g/mol.